The van der Waals surface area contributed by atoms with E-state index in [-0.39, 0.29) is 5.92 Å². The SMILES string of the molecule is COc1ccc(C(C)(C)C#CC(F)(F)F)cc1C[C@@H]1CCCN(C(=O)OC(C)(C)C)[C@]1(N)c1ccccc1. The average molecular weight is 531 g/mol. The van der Waals surface area contributed by atoms with Gasteiger partial charge in [0.1, 0.15) is 17.0 Å². The van der Waals surface area contributed by atoms with Crippen LogP contribution in [0.15, 0.2) is 48.5 Å². The Labute approximate surface area is 223 Å². The van der Waals surface area contributed by atoms with Crippen LogP contribution in [0.1, 0.15) is 64.2 Å². The van der Waals surface area contributed by atoms with Crippen LogP contribution in [0.2, 0.25) is 0 Å². The minimum atomic E-state index is -4.57. The molecule has 5 nitrogen and oxygen atoms in total. The fourth-order valence-electron chi connectivity index (χ4n) is 4.93. The van der Waals surface area contributed by atoms with E-state index in [4.69, 9.17) is 15.2 Å². The number of carbonyl (C=O) groups is 1. The molecule has 2 aromatic rings. The third-order valence-corrected chi connectivity index (χ3v) is 6.84. The van der Waals surface area contributed by atoms with Crippen LogP contribution >= 0.6 is 0 Å². The molecule has 1 saturated heterocycles. The molecule has 1 aliphatic rings. The van der Waals surface area contributed by atoms with E-state index in [9.17, 15) is 18.0 Å². The monoisotopic (exact) mass is 530 g/mol. The lowest BCUT2D eigenvalue weighted by molar-refractivity contribution is -0.0699. The summed E-state index contributed by atoms with van der Waals surface area (Å²) in [6.07, 6.45) is -3.17. The maximum absolute atomic E-state index is 13.4. The normalized spacial score (nSPS) is 20.4. The summed E-state index contributed by atoms with van der Waals surface area (Å²) in [7, 11) is 1.55. The summed E-state index contributed by atoms with van der Waals surface area (Å²) in [5.41, 5.74) is 6.47. The van der Waals surface area contributed by atoms with Crippen LogP contribution in [-0.2, 0) is 22.2 Å². The van der Waals surface area contributed by atoms with Crippen LogP contribution in [0.4, 0.5) is 18.0 Å². The number of likely N-dealkylation sites (tertiary alicyclic amines) is 1. The van der Waals surface area contributed by atoms with Gasteiger partial charge >= 0.3 is 12.3 Å². The quantitative estimate of drug-likeness (QED) is 0.446. The maximum Gasteiger partial charge on any atom is 0.457 e. The zero-order chi connectivity index (χ0) is 28.4. The number of halogens is 3. The Hall–Kier alpha value is -3.18. The number of nitrogens with two attached hydrogens (primary N) is 1. The van der Waals surface area contributed by atoms with Crippen molar-refractivity contribution < 1.29 is 27.4 Å². The van der Waals surface area contributed by atoms with Crippen molar-refractivity contribution in [1.29, 1.82) is 0 Å². The highest BCUT2D eigenvalue weighted by atomic mass is 19.4. The third-order valence-electron chi connectivity index (χ3n) is 6.84. The van der Waals surface area contributed by atoms with Gasteiger partial charge in [0.25, 0.3) is 0 Å². The molecule has 206 valence electrons. The van der Waals surface area contributed by atoms with Gasteiger partial charge < -0.3 is 15.2 Å². The lowest BCUT2D eigenvalue weighted by Gasteiger charge is -2.50. The lowest BCUT2D eigenvalue weighted by Crippen LogP contribution is -2.63. The summed E-state index contributed by atoms with van der Waals surface area (Å²) >= 11 is 0. The molecule has 1 amide bonds. The number of ether oxygens (including phenoxy) is 2. The fraction of sp³-hybridized carbons (Fsp3) is 0.500. The second-order valence-corrected chi connectivity index (χ2v) is 11.3. The molecule has 1 aliphatic heterocycles. The molecule has 0 unspecified atom stereocenters. The molecule has 2 N–H and O–H groups in total. The van der Waals surface area contributed by atoms with E-state index in [0.29, 0.717) is 24.3 Å². The van der Waals surface area contributed by atoms with Gasteiger partial charge in [-0.2, -0.15) is 13.2 Å². The van der Waals surface area contributed by atoms with E-state index in [0.717, 1.165) is 24.0 Å². The number of amides is 1. The van der Waals surface area contributed by atoms with E-state index in [1.165, 1.54) is 5.92 Å². The Kier molecular flexibility index (Phi) is 8.42. The zero-order valence-electron chi connectivity index (χ0n) is 22.9. The summed E-state index contributed by atoms with van der Waals surface area (Å²) in [4.78, 5) is 15.0. The first-order valence-corrected chi connectivity index (χ1v) is 12.7. The van der Waals surface area contributed by atoms with E-state index < -0.39 is 28.9 Å². The van der Waals surface area contributed by atoms with Crippen LogP contribution in [0.3, 0.4) is 0 Å². The number of hydrogen-bond donors (Lipinski definition) is 1. The number of alkyl halides is 3. The third kappa shape index (κ3) is 6.82. The minimum absolute atomic E-state index is 0.223. The molecule has 2 aromatic carbocycles. The molecule has 0 spiro atoms. The van der Waals surface area contributed by atoms with Gasteiger partial charge in [0.2, 0.25) is 0 Å². The molecule has 0 bridgehead atoms. The van der Waals surface area contributed by atoms with Crippen molar-refractivity contribution in [3.05, 3.63) is 65.2 Å². The number of methoxy groups -OCH3 is 1. The highest BCUT2D eigenvalue weighted by molar-refractivity contribution is 5.70. The molecule has 1 fully saturated rings. The first-order chi connectivity index (χ1) is 17.6. The van der Waals surface area contributed by atoms with Crippen molar-refractivity contribution in [2.24, 2.45) is 11.7 Å². The van der Waals surface area contributed by atoms with Crippen molar-refractivity contribution in [2.75, 3.05) is 13.7 Å². The predicted molar refractivity (Wildman–Crippen MR) is 142 cm³/mol. The van der Waals surface area contributed by atoms with Crippen LogP contribution in [0, 0.1) is 17.8 Å². The number of rotatable bonds is 5. The first kappa shape index (κ1) is 29.4. The maximum atomic E-state index is 13.4. The van der Waals surface area contributed by atoms with Gasteiger partial charge in [0, 0.05) is 18.4 Å². The Balaban J connectivity index is 2.06. The molecule has 2 atom stereocenters. The summed E-state index contributed by atoms with van der Waals surface area (Å²) in [5, 5.41) is 0. The lowest BCUT2D eigenvalue weighted by atomic mass is 9.75. The van der Waals surface area contributed by atoms with Crippen LogP contribution < -0.4 is 10.5 Å². The molecule has 0 aliphatic carbocycles. The molecule has 8 heteroatoms. The van der Waals surface area contributed by atoms with E-state index in [2.05, 4.69) is 5.92 Å². The van der Waals surface area contributed by atoms with Crippen molar-refractivity contribution in [2.45, 2.75) is 76.7 Å². The van der Waals surface area contributed by atoms with Gasteiger partial charge in [-0.3, -0.25) is 4.90 Å². The smallest absolute Gasteiger partial charge is 0.457 e. The van der Waals surface area contributed by atoms with Gasteiger partial charge in [0.15, 0.2) is 0 Å². The summed E-state index contributed by atoms with van der Waals surface area (Å²) in [5.74, 6) is 4.13. The second-order valence-electron chi connectivity index (χ2n) is 11.3. The molecule has 3 rings (SSSR count). The summed E-state index contributed by atoms with van der Waals surface area (Å²) in [6.45, 7) is 9.18. The molecule has 1 heterocycles. The Morgan fingerprint density at radius 1 is 1.08 bits per heavy atom. The second kappa shape index (κ2) is 10.9. The largest absolute Gasteiger partial charge is 0.496 e. The number of nitrogens with zero attached hydrogens (tertiary/aromatic N) is 1. The van der Waals surface area contributed by atoms with Crippen LogP contribution in [0.25, 0.3) is 0 Å². The molecular weight excluding hydrogens is 493 g/mol. The highest BCUT2D eigenvalue weighted by Gasteiger charge is 2.48. The Bertz CT molecular complexity index is 1190. The average Bonchev–Trinajstić information content (AvgIpc) is 2.83. The molecule has 0 saturated carbocycles. The molecule has 0 aromatic heterocycles. The van der Waals surface area contributed by atoms with Crippen molar-refractivity contribution >= 4 is 6.09 Å². The van der Waals surface area contributed by atoms with Crippen molar-refractivity contribution in [3.8, 4) is 17.6 Å². The highest BCUT2D eigenvalue weighted by Crippen LogP contribution is 2.42. The topological polar surface area (TPSA) is 64.8 Å². The zero-order valence-corrected chi connectivity index (χ0v) is 22.9. The van der Waals surface area contributed by atoms with Gasteiger partial charge in [0.05, 0.1) is 12.5 Å². The predicted octanol–water partition coefficient (Wildman–Crippen LogP) is 6.54. The van der Waals surface area contributed by atoms with Gasteiger partial charge in [-0.05, 0) is 76.6 Å². The number of carbonyl (C=O) groups excluding carboxylic acids is 1. The standard InChI is InChI=1S/C30H37F3N2O3/c1-27(2,3)38-26(36)35-18-10-13-24(30(35,34)22-11-8-7-9-12-22)20-21-19-23(14-15-25(21)37-6)28(4,5)16-17-29(31,32)33/h7-9,11-12,14-15,19,24H,10,13,18,20,34H2,1-6H3/t24-,30+/m0/s1. The van der Waals surface area contributed by atoms with Crippen molar-refractivity contribution in [1.82, 2.24) is 4.90 Å². The minimum Gasteiger partial charge on any atom is -0.496 e. The molecular formula is C30H37F3N2O3. The van der Waals surface area contributed by atoms with Gasteiger partial charge in [-0.15, -0.1) is 0 Å². The van der Waals surface area contributed by atoms with Gasteiger partial charge in [-0.1, -0.05) is 48.4 Å². The Morgan fingerprint density at radius 3 is 2.32 bits per heavy atom. The first-order valence-electron chi connectivity index (χ1n) is 12.7. The molecule has 0 radical (unpaired) electrons. The molecule has 38 heavy (non-hydrogen) atoms. The van der Waals surface area contributed by atoms with E-state index >= 15 is 0 Å². The van der Waals surface area contributed by atoms with Crippen LogP contribution in [-0.4, -0.2) is 36.4 Å². The Morgan fingerprint density at radius 2 is 1.74 bits per heavy atom. The van der Waals surface area contributed by atoms with Crippen LogP contribution in [0.5, 0.6) is 5.75 Å². The number of hydrogen-bond acceptors (Lipinski definition) is 4. The summed E-state index contributed by atoms with van der Waals surface area (Å²) in [6, 6.07) is 14.8. The number of benzene rings is 2. The van der Waals surface area contributed by atoms with E-state index in [1.54, 1.807) is 38.0 Å². The summed E-state index contributed by atoms with van der Waals surface area (Å²) < 4.78 is 49.8. The van der Waals surface area contributed by atoms with E-state index in [1.807, 2.05) is 57.2 Å². The number of piperidine rings is 1. The van der Waals surface area contributed by atoms with Gasteiger partial charge in [-0.25, -0.2) is 4.79 Å². The van der Waals surface area contributed by atoms with Crippen molar-refractivity contribution in [3.63, 3.8) is 0 Å². The fourth-order valence-corrected chi connectivity index (χ4v) is 4.93.